The lowest BCUT2D eigenvalue weighted by molar-refractivity contribution is -0.116. The van der Waals surface area contributed by atoms with Crippen molar-refractivity contribution in [2.75, 3.05) is 11.4 Å². The molecule has 1 aromatic rings. The summed E-state index contributed by atoms with van der Waals surface area (Å²) in [7, 11) is 0. The van der Waals surface area contributed by atoms with Gasteiger partial charge in [0.1, 0.15) is 5.82 Å². The van der Waals surface area contributed by atoms with Crippen LogP contribution in [0.15, 0.2) is 18.2 Å². The van der Waals surface area contributed by atoms with Crippen molar-refractivity contribution in [2.45, 2.75) is 38.3 Å². The molecule has 4 N–H and O–H groups in total. The van der Waals surface area contributed by atoms with Gasteiger partial charge in [-0.25, -0.2) is 4.39 Å². The average molecular weight is 265 g/mol. The summed E-state index contributed by atoms with van der Waals surface area (Å²) in [6, 6.07) is 5.11. The SMILES string of the molecule is NCc1ccc(N(CC(N)=O)C2CCCC2)c(F)c1. The number of benzene rings is 1. The molecule has 0 saturated heterocycles. The van der Waals surface area contributed by atoms with Crippen LogP contribution in [0.5, 0.6) is 0 Å². The smallest absolute Gasteiger partial charge is 0.236 e. The van der Waals surface area contributed by atoms with Crippen molar-refractivity contribution in [3.05, 3.63) is 29.6 Å². The number of carbonyl (C=O) groups excluding carboxylic acids is 1. The van der Waals surface area contributed by atoms with E-state index in [0.717, 1.165) is 31.2 Å². The van der Waals surface area contributed by atoms with Crippen LogP contribution in [0.25, 0.3) is 0 Å². The highest BCUT2D eigenvalue weighted by atomic mass is 19.1. The van der Waals surface area contributed by atoms with Gasteiger partial charge in [-0.15, -0.1) is 0 Å². The Hall–Kier alpha value is -1.62. The van der Waals surface area contributed by atoms with Gasteiger partial charge in [-0.1, -0.05) is 18.9 Å². The second kappa shape index (κ2) is 6.02. The standard InChI is InChI=1S/C14H20FN3O/c15-12-7-10(8-16)5-6-13(12)18(9-14(17)19)11-3-1-2-4-11/h5-7,11H,1-4,8-9,16H2,(H2,17,19). The molecule has 0 radical (unpaired) electrons. The second-order valence-corrected chi connectivity index (χ2v) is 5.02. The molecule has 0 atom stereocenters. The summed E-state index contributed by atoms with van der Waals surface area (Å²) < 4.78 is 14.1. The summed E-state index contributed by atoms with van der Waals surface area (Å²) in [5, 5.41) is 0. The van der Waals surface area contributed by atoms with Crippen LogP contribution in [-0.4, -0.2) is 18.5 Å². The fourth-order valence-electron chi connectivity index (χ4n) is 2.71. The van der Waals surface area contributed by atoms with E-state index in [4.69, 9.17) is 11.5 Å². The lowest BCUT2D eigenvalue weighted by Crippen LogP contribution is -2.40. The van der Waals surface area contributed by atoms with Gasteiger partial charge in [0.25, 0.3) is 0 Å². The van der Waals surface area contributed by atoms with Crippen molar-refractivity contribution in [1.82, 2.24) is 0 Å². The minimum absolute atomic E-state index is 0.0591. The fraction of sp³-hybridized carbons (Fsp3) is 0.500. The molecule has 0 spiro atoms. The lowest BCUT2D eigenvalue weighted by atomic mass is 10.1. The van der Waals surface area contributed by atoms with E-state index in [2.05, 4.69) is 0 Å². The molecule has 0 heterocycles. The number of anilines is 1. The number of carbonyl (C=O) groups is 1. The van der Waals surface area contributed by atoms with Crippen LogP contribution in [0.1, 0.15) is 31.2 Å². The van der Waals surface area contributed by atoms with Gasteiger partial charge >= 0.3 is 0 Å². The van der Waals surface area contributed by atoms with Crippen molar-refractivity contribution in [3.63, 3.8) is 0 Å². The first-order valence-electron chi connectivity index (χ1n) is 6.65. The Morgan fingerprint density at radius 3 is 2.58 bits per heavy atom. The van der Waals surface area contributed by atoms with Gasteiger partial charge in [0.05, 0.1) is 12.2 Å². The predicted octanol–water partition coefficient (Wildman–Crippen LogP) is 1.52. The van der Waals surface area contributed by atoms with E-state index >= 15 is 0 Å². The maximum absolute atomic E-state index is 14.1. The molecule has 1 amide bonds. The molecule has 1 fully saturated rings. The summed E-state index contributed by atoms with van der Waals surface area (Å²) in [5.74, 6) is -0.773. The van der Waals surface area contributed by atoms with E-state index < -0.39 is 5.91 Å². The van der Waals surface area contributed by atoms with E-state index in [-0.39, 0.29) is 18.4 Å². The van der Waals surface area contributed by atoms with Gasteiger partial charge in [-0.05, 0) is 30.5 Å². The molecular formula is C14H20FN3O. The van der Waals surface area contributed by atoms with E-state index in [9.17, 15) is 9.18 Å². The van der Waals surface area contributed by atoms with E-state index in [1.54, 1.807) is 17.0 Å². The van der Waals surface area contributed by atoms with Crippen LogP contribution in [0.2, 0.25) is 0 Å². The highest BCUT2D eigenvalue weighted by molar-refractivity contribution is 5.79. The Morgan fingerprint density at radius 2 is 2.05 bits per heavy atom. The number of hydrogen-bond donors (Lipinski definition) is 2. The number of hydrogen-bond acceptors (Lipinski definition) is 3. The quantitative estimate of drug-likeness (QED) is 0.847. The Kier molecular flexibility index (Phi) is 4.37. The highest BCUT2D eigenvalue weighted by Crippen LogP contribution is 2.30. The summed E-state index contributed by atoms with van der Waals surface area (Å²) in [5.41, 5.74) is 12.0. The zero-order chi connectivity index (χ0) is 13.8. The van der Waals surface area contributed by atoms with Crippen molar-refractivity contribution in [2.24, 2.45) is 11.5 Å². The van der Waals surface area contributed by atoms with Gasteiger partial charge < -0.3 is 16.4 Å². The summed E-state index contributed by atoms with van der Waals surface area (Å²) in [6.07, 6.45) is 4.18. The topological polar surface area (TPSA) is 72.3 Å². The molecule has 0 unspecified atom stereocenters. The molecule has 19 heavy (non-hydrogen) atoms. The maximum Gasteiger partial charge on any atom is 0.236 e. The van der Waals surface area contributed by atoms with Crippen molar-refractivity contribution < 1.29 is 9.18 Å². The van der Waals surface area contributed by atoms with Crippen LogP contribution in [0.3, 0.4) is 0 Å². The van der Waals surface area contributed by atoms with Crippen molar-refractivity contribution in [1.29, 1.82) is 0 Å². The maximum atomic E-state index is 14.1. The summed E-state index contributed by atoms with van der Waals surface area (Å²) in [6.45, 7) is 0.361. The van der Waals surface area contributed by atoms with Crippen LogP contribution in [0.4, 0.5) is 10.1 Å². The first kappa shape index (κ1) is 13.8. The van der Waals surface area contributed by atoms with Gasteiger partial charge in [-0.2, -0.15) is 0 Å². The Labute approximate surface area is 112 Å². The van der Waals surface area contributed by atoms with Crippen LogP contribution < -0.4 is 16.4 Å². The normalized spacial score (nSPS) is 15.7. The minimum atomic E-state index is -0.436. The van der Waals surface area contributed by atoms with Crippen LogP contribution in [-0.2, 0) is 11.3 Å². The monoisotopic (exact) mass is 265 g/mol. The molecule has 4 nitrogen and oxygen atoms in total. The zero-order valence-corrected chi connectivity index (χ0v) is 10.9. The number of amides is 1. The molecule has 2 rings (SSSR count). The highest BCUT2D eigenvalue weighted by Gasteiger charge is 2.25. The molecule has 1 aromatic carbocycles. The fourth-order valence-corrected chi connectivity index (χ4v) is 2.71. The van der Waals surface area contributed by atoms with Gasteiger partial charge in [0.15, 0.2) is 0 Å². The number of rotatable bonds is 5. The first-order valence-corrected chi connectivity index (χ1v) is 6.65. The number of primary amides is 1. The van der Waals surface area contributed by atoms with E-state index in [1.807, 2.05) is 0 Å². The molecule has 104 valence electrons. The lowest BCUT2D eigenvalue weighted by Gasteiger charge is -2.30. The van der Waals surface area contributed by atoms with Crippen molar-refractivity contribution in [3.8, 4) is 0 Å². The molecule has 0 aromatic heterocycles. The van der Waals surface area contributed by atoms with Crippen LogP contribution >= 0.6 is 0 Å². The zero-order valence-electron chi connectivity index (χ0n) is 10.9. The van der Waals surface area contributed by atoms with E-state index in [0.29, 0.717) is 12.2 Å². The van der Waals surface area contributed by atoms with Gasteiger partial charge in [0.2, 0.25) is 5.91 Å². The van der Waals surface area contributed by atoms with Crippen molar-refractivity contribution >= 4 is 11.6 Å². The predicted molar refractivity (Wildman–Crippen MR) is 73.1 cm³/mol. The molecule has 1 saturated carbocycles. The molecule has 0 bridgehead atoms. The minimum Gasteiger partial charge on any atom is -0.368 e. The van der Waals surface area contributed by atoms with Crippen LogP contribution in [0, 0.1) is 5.82 Å². The molecule has 1 aliphatic rings. The number of nitrogens with two attached hydrogens (primary N) is 2. The third-order valence-electron chi connectivity index (χ3n) is 3.65. The summed E-state index contributed by atoms with van der Waals surface area (Å²) in [4.78, 5) is 13.0. The number of halogens is 1. The Bertz CT molecular complexity index is 458. The summed E-state index contributed by atoms with van der Waals surface area (Å²) >= 11 is 0. The molecule has 1 aliphatic carbocycles. The average Bonchev–Trinajstić information content (AvgIpc) is 2.89. The van der Waals surface area contributed by atoms with Gasteiger partial charge in [0, 0.05) is 12.6 Å². The van der Waals surface area contributed by atoms with Gasteiger partial charge in [-0.3, -0.25) is 4.79 Å². The molecular weight excluding hydrogens is 245 g/mol. The largest absolute Gasteiger partial charge is 0.368 e. The Morgan fingerprint density at radius 1 is 1.37 bits per heavy atom. The second-order valence-electron chi connectivity index (χ2n) is 5.02. The first-order chi connectivity index (χ1) is 9.11. The number of nitrogens with zero attached hydrogens (tertiary/aromatic N) is 1. The van der Waals surface area contributed by atoms with E-state index in [1.165, 1.54) is 6.07 Å². The third kappa shape index (κ3) is 3.23. The molecule has 0 aliphatic heterocycles. The Balaban J connectivity index is 2.28. The molecule has 5 heteroatoms. The third-order valence-corrected chi connectivity index (χ3v) is 3.65.